The van der Waals surface area contributed by atoms with Gasteiger partial charge in [-0.3, -0.25) is 4.79 Å². The van der Waals surface area contributed by atoms with Gasteiger partial charge in [0, 0.05) is 31.2 Å². The third-order valence-corrected chi connectivity index (χ3v) is 5.77. The number of rotatable bonds is 6. The van der Waals surface area contributed by atoms with Crippen LogP contribution in [-0.4, -0.2) is 44.0 Å². The van der Waals surface area contributed by atoms with Crippen molar-refractivity contribution in [1.29, 1.82) is 0 Å². The Morgan fingerprint density at radius 2 is 2.00 bits per heavy atom. The first-order valence-electron chi connectivity index (χ1n) is 7.88. The largest absolute Gasteiger partial charge is 0.366 e. The minimum atomic E-state index is -3.11. The summed E-state index contributed by atoms with van der Waals surface area (Å²) in [6.45, 7) is 3.92. The predicted molar refractivity (Wildman–Crippen MR) is 90.4 cm³/mol. The van der Waals surface area contributed by atoms with E-state index in [0.717, 1.165) is 18.4 Å². The number of piperidine rings is 1. The second-order valence-corrected chi connectivity index (χ2v) is 8.11. The summed E-state index contributed by atoms with van der Waals surface area (Å²) in [5, 5.41) is 3.52. The Morgan fingerprint density at radius 1 is 1.35 bits per heavy atom. The topological polar surface area (TPSA) is 92.5 Å². The molecule has 7 heteroatoms. The van der Waals surface area contributed by atoms with E-state index in [1.54, 1.807) is 16.4 Å². The van der Waals surface area contributed by atoms with Crippen molar-refractivity contribution >= 4 is 15.9 Å². The zero-order chi connectivity index (χ0) is 17.0. The van der Waals surface area contributed by atoms with E-state index in [9.17, 15) is 13.2 Å². The lowest BCUT2D eigenvalue weighted by molar-refractivity contribution is 0.1000. The monoisotopic (exact) mass is 339 g/mol. The van der Waals surface area contributed by atoms with Gasteiger partial charge in [0.15, 0.2) is 0 Å². The number of carbonyl (C=O) groups excluding carboxylic acids is 1. The third-order valence-electron chi connectivity index (χ3n) is 4.50. The molecule has 1 aliphatic heterocycles. The van der Waals surface area contributed by atoms with Gasteiger partial charge in [0.2, 0.25) is 15.9 Å². The van der Waals surface area contributed by atoms with Gasteiger partial charge < -0.3 is 11.1 Å². The standard InChI is InChI=1S/C16H25N3O3S/c1-3-13-11-19(23(2,21)22)9-8-15(13)18-10-12-4-6-14(7-5-12)16(17)20/h4-7,13,15,18H,3,8-11H2,1-2H3,(H2,17,20)/t13-,15+/m1/s1. The summed E-state index contributed by atoms with van der Waals surface area (Å²) in [6, 6.07) is 7.53. The number of nitrogens with one attached hydrogen (secondary N) is 1. The fraction of sp³-hybridized carbons (Fsp3) is 0.562. The lowest BCUT2D eigenvalue weighted by Crippen LogP contribution is -2.50. The molecule has 128 valence electrons. The number of hydrogen-bond acceptors (Lipinski definition) is 4. The Labute approximate surface area is 138 Å². The van der Waals surface area contributed by atoms with Crippen molar-refractivity contribution in [2.75, 3.05) is 19.3 Å². The van der Waals surface area contributed by atoms with Crippen molar-refractivity contribution in [3.63, 3.8) is 0 Å². The van der Waals surface area contributed by atoms with Crippen molar-refractivity contribution in [2.24, 2.45) is 11.7 Å². The smallest absolute Gasteiger partial charge is 0.248 e. The molecule has 23 heavy (non-hydrogen) atoms. The first kappa shape index (κ1) is 17.9. The average Bonchev–Trinajstić information content (AvgIpc) is 2.52. The number of hydrogen-bond donors (Lipinski definition) is 2. The Bertz CT molecular complexity index is 643. The summed E-state index contributed by atoms with van der Waals surface area (Å²) in [7, 11) is -3.11. The van der Waals surface area contributed by atoms with Crippen LogP contribution in [0.2, 0.25) is 0 Å². The van der Waals surface area contributed by atoms with Crippen LogP contribution in [0.1, 0.15) is 35.7 Å². The van der Waals surface area contributed by atoms with Crippen LogP contribution in [-0.2, 0) is 16.6 Å². The molecule has 0 spiro atoms. The number of carbonyl (C=O) groups is 1. The summed E-state index contributed by atoms with van der Waals surface area (Å²) >= 11 is 0. The van der Waals surface area contributed by atoms with E-state index in [2.05, 4.69) is 12.2 Å². The molecule has 1 aliphatic rings. The number of amides is 1. The minimum absolute atomic E-state index is 0.300. The molecule has 2 rings (SSSR count). The summed E-state index contributed by atoms with van der Waals surface area (Å²) in [4.78, 5) is 11.1. The highest BCUT2D eigenvalue weighted by Crippen LogP contribution is 2.22. The maximum Gasteiger partial charge on any atom is 0.248 e. The molecule has 1 aromatic rings. The molecule has 0 saturated carbocycles. The van der Waals surface area contributed by atoms with Crippen LogP contribution >= 0.6 is 0 Å². The Balaban J connectivity index is 1.93. The van der Waals surface area contributed by atoms with Crippen LogP contribution in [0.3, 0.4) is 0 Å². The number of primary amides is 1. The lowest BCUT2D eigenvalue weighted by Gasteiger charge is -2.37. The van der Waals surface area contributed by atoms with Crippen LogP contribution in [0.15, 0.2) is 24.3 Å². The average molecular weight is 339 g/mol. The molecule has 0 aliphatic carbocycles. The number of nitrogens with two attached hydrogens (primary N) is 1. The van der Waals surface area contributed by atoms with E-state index in [0.29, 0.717) is 37.2 Å². The second-order valence-electron chi connectivity index (χ2n) is 6.13. The zero-order valence-electron chi connectivity index (χ0n) is 13.7. The normalized spacial score (nSPS) is 22.9. The number of sulfonamides is 1. The highest BCUT2D eigenvalue weighted by Gasteiger charge is 2.31. The molecule has 0 radical (unpaired) electrons. The third kappa shape index (κ3) is 4.76. The maximum absolute atomic E-state index is 11.7. The van der Waals surface area contributed by atoms with Crippen LogP contribution in [0.5, 0.6) is 0 Å². The van der Waals surface area contributed by atoms with E-state index in [1.165, 1.54) is 6.26 Å². The van der Waals surface area contributed by atoms with E-state index in [4.69, 9.17) is 5.73 Å². The SMILES string of the molecule is CC[C@@H]1CN(S(C)(=O)=O)CC[C@@H]1NCc1ccc(C(N)=O)cc1. The van der Waals surface area contributed by atoms with Gasteiger partial charge in [0.05, 0.1) is 6.26 Å². The van der Waals surface area contributed by atoms with Crippen molar-refractivity contribution in [1.82, 2.24) is 9.62 Å². The lowest BCUT2D eigenvalue weighted by atomic mass is 9.91. The number of benzene rings is 1. The minimum Gasteiger partial charge on any atom is -0.366 e. The highest BCUT2D eigenvalue weighted by molar-refractivity contribution is 7.88. The number of nitrogens with zero attached hydrogens (tertiary/aromatic N) is 1. The molecule has 1 fully saturated rings. The molecule has 1 amide bonds. The molecule has 1 heterocycles. The van der Waals surface area contributed by atoms with Crippen molar-refractivity contribution in [2.45, 2.75) is 32.4 Å². The van der Waals surface area contributed by atoms with Gasteiger partial charge in [-0.15, -0.1) is 0 Å². The Hall–Kier alpha value is -1.44. The second kappa shape index (κ2) is 7.42. The van der Waals surface area contributed by atoms with Gasteiger partial charge in [-0.25, -0.2) is 12.7 Å². The van der Waals surface area contributed by atoms with Gasteiger partial charge in [-0.1, -0.05) is 25.5 Å². The van der Waals surface area contributed by atoms with Gasteiger partial charge in [-0.05, 0) is 30.0 Å². The quantitative estimate of drug-likeness (QED) is 0.806. The van der Waals surface area contributed by atoms with E-state index >= 15 is 0 Å². The molecule has 0 bridgehead atoms. The van der Waals surface area contributed by atoms with E-state index in [1.807, 2.05) is 12.1 Å². The van der Waals surface area contributed by atoms with Crippen LogP contribution < -0.4 is 11.1 Å². The zero-order valence-corrected chi connectivity index (χ0v) is 14.5. The molecule has 3 N–H and O–H groups in total. The summed E-state index contributed by atoms with van der Waals surface area (Å²) in [6.07, 6.45) is 3.02. The molecule has 1 saturated heterocycles. The fourth-order valence-electron chi connectivity index (χ4n) is 3.02. The van der Waals surface area contributed by atoms with Crippen molar-refractivity contribution in [3.8, 4) is 0 Å². The summed E-state index contributed by atoms with van der Waals surface area (Å²) < 4.78 is 24.9. The first-order valence-corrected chi connectivity index (χ1v) is 9.73. The molecular formula is C16H25N3O3S. The molecule has 6 nitrogen and oxygen atoms in total. The molecule has 2 atom stereocenters. The van der Waals surface area contributed by atoms with Crippen LogP contribution in [0.4, 0.5) is 0 Å². The Kier molecular flexibility index (Phi) is 5.78. The van der Waals surface area contributed by atoms with Crippen LogP contribution in [0, 0.1) is 5.92 Å². The van der Waals surface area contributed by atoms with Crippen molar-refractivity contribution in [3.05, 3.63) is 35.4 Å². The maximum atomic E-state index is 11.7. The first-order chi connectivity index (χ1) is 10.8. The van der Waals surface area contributed by atoms with Gasteiger partial charge in [0.1, 0.15) is 0 Å². The summed E-state index contributed by atoms with van der Waals surface area (Å²) in [5.74, 6) is -0.118. The van der Waals surface area contributed by atoms with Crippen molar-refractivity contribution < 1.29 is 13.2 Å². The molecular weight excluding hydrogens is 314 g/mol. The fourth-order valence-corrected chi connectivity index (χ4v) is 3.92. The molecule has 0 unspecified atom stereocenters. The van der Waals surface area contributed by atoms with E-state index in [-0.39, 0.29) is 0 Å². The highest BCUT2D eigenvalue weighted by atomic mass is 32.2. The summed E-state index contributed by atoms with van der Waals surface area (Å²) in [5.41, 5.74) is 6.81. The van der Waals surface area contributed by atoms with Gasteiger partial charge >= 0.3 is 0 Å². The van der Waals surface area contributed by atoms with Gasteiger partial charge in [0.25, 0.3) is 0 Å². The molecule has 0 aromatic heterocycles. The van der Waals surface area contributed by atoms with Gasteiger partial charge in [-0.2, -0.15) is 0 Å². The Morgan fingerprint density at radius 3 is 2.52 bits per heavy atom. The van der Waals surface area contributed by atoms with Crippen LogP contribution in [0.25, 0.3) is 0 Å². The van der Waals surface area contributed by atoms with E-state index < -0.39 is 15.9 Å². The predicted octanol–water partition coefficient (Wildman–Crippen LogP) is 0.935. The molecule has 1 aromatic carbocycles.